The first-order valence-electron chi connectivity index (χ1n) is 4.57. The number of nitrogens with zero attached hydrogens (tertiary/aromatic N) is 1. The summed E-state index contributed by atoms with van der Waals surface area (Å²) in [5.41, 5.74) is 1.00. The van der Waals surface area contributed by atoms with Gasteiger partial charge in [0, 0.05) is 10.6 Å². The van der Waals surface area contributed by atoms with Crippen molar-refractivity contribution < 1.29 is 14.7 Å². The Balaban J connectivity index is 2.62. The van der Waals surface area contributed by atoms with Crippen LogP contribution in [0.4, 0.5) is 5.69 Å². The second kappa shape index (κ2) is 3.98. The molecule has 1 aromatic rings. The van der Waals surface area contributed by atoms with Gasteiger partial charge in [-0.25, -0.2) is 0 Å². The zero-order chi connectivity index (χ0) is 11.7. The van der Waals surface area contributed by atoms with Crippen LogP contribution in [-0.4, -0.2) is 23.8 Å². The Morgan fingerprint density at radius 1 is 1.44 bits per heavy atom. The topological polar surface area (TPSA) is 57.6 Å². The maximum absolute atomic E-state index is 11.8. The summed E-state index contributed by atoms with van der Waals surface area (Å²) in [5, 5.41) is 9.33. The van der Waals surface area contributed by atoms with Gasteiger partial charge in [-0.1, -0.05) is 11.6 Å². The van der Waals surface area contributed by atoms with Gasteiger partial charge >= 0.3 is 0 Å². The van der Waals surface area contributed by atoms with E-state index in [1.54, 1.807) is 12.1 Å². The number of amides is 1. The van der Waals surface area contributed by atoms with E-state index < -0.39 is 0 Å². The largest absolute Gasteiger partial charge is 0.515 e. The monoisotopic (exact) mass is 237 g/mol. The van der Waals surface area contributed by atoms with E-state index in [4.69, 9.17) is 16.7 Å². The number of aliphatic hydroxyl groups excluding tert-OH is 1. The second-order valence-electron chi connectivity index (χ2n) is 3.38. The number of benzene rings is 1. The second-order valence-corrected chi connectivity index (χ2v) is 3.81. The fourth-order valence-corrected chi connectivity index (χ4v) is 1.82. The van der Waals surface area contributed by atoms with Crippen LogP contribution in [0.3, 0.4) is 0 Å². The van der Waals surface area contributed by atoms with E-state index in [1.807, 2.05) is 0 Å². The number of Topliss-reactive ketones (excluding diaryl/α,β-unsaturated/α-hetero) is 1. The molecule has 1 aromatic carbocycles. The number of anilines is 1. The van der Waals surface area contributed by atoms with Crippen LogP contribution in [0.15, 0.2) is 30.0 Å². The van der Waals surface area contributed by atoms with E-state index in [9.17, 15) is 9.59 Å². The summed E-state index contributed by atoms with van der Waals surface area (Å²) in [4.78, 5) is 24.0. The number of ketones is 1. The highest BCUT2D eigenvalue weighted by Gasteiger charge is 2.27. The van der Waals surface area contributed by atoms with Crippen LogP contribution in [0.5, 0.6) is 0 Å². The van der Waals surface area contributed by atoms with E-state index >= 15 is 0 Å². The van der Waals surface area contributed by atoms with Crippen LogP contribution in [0.1, 0.15) is 10.4 Å². The first-order valence-corrected chi connectivity index (χ1v) is 4.94. The van der Waals surface area contributed by atoms with Crippen LogP contribution in [0, 0.1) is 0 Å². The number of carbonyl (C=O) groups excluding carboxylic acids is 2. The number of hydrogen-bond acceptors (Lipinski definition) is 3. The third-order valence-corrected chi connectivity index (χ3v) is 2.66. The van der Waals surface area contributed by atoms with Gasteiger partial charge < -0.3 is 10.0 Å². The van der Waals surface area contributed by atoms with Gasteiger partial charge in [0.1, 0.15) is 0 Å². The number of carbonyl (C=O) groups is 2. The summed E-state index contributed by atoms with van der Waals surface area (Å²) in [5.74, 6) is -0.307. The van der Waals surface area contributed by atoms with E-state index in [0.717, 1.165) is 6.26 Å². The Bertz CT molecular complexity index is 496. The molecule has 0 unspecified atom stereocenters. The zero-order valence-corrected chi connectivity index (χ0v) is 8.94. The summed E-state index contributed by atoms with van der Waals surface area (Å²) in [6.07, 6.45) is 1.34. The Hall–Kier alpha value is -1.81. The molecule has 1 heterocycles. The van der Waals surface area contributed by atoms with Gasteiger partial charge in [0.25, 0.3) is 0 Å². The molecule has 0 aliphatic carbocycles. The molecule has 1 N–H and O–H groups in total. The van der Waals surface area contributed by atoms with Gasteiger partial charge in [-0.15, -0.1) is 0 Å². The lowest BCUT2D eigenvalue weighted by atomic mass is 9.97. The molecule has 0 saturated heterocycles. The molecule has 1 aliphatic heterocycles. The first-order chi connectivity index (χ1) is 7.67. The van der Waals surface area contributed by atoms with Gasteiger partial charge in [-0.05, 0) is 18.2 Å². The highest BCUT2D eigenvalue weighted by molar-refractivity contribution is 6.31. The highest BCUT2D eigenvalue weighted by Crippen LogP contribution is 2.30. The van der Waals surface area contributed by atoms with Crippen LogP contribution >= 0.6 is 11.6 Å². The fourth-order valence-electron chi connectivity index (χ4n) is 1.65. The number of rotatable bonds is 1. The minimum atomic E-state index is -0.307. The number of fused-ring (bicyclic) bond motifs is 1. The lowest BCUT2D eigenvalue weighted by Crippen LogP contribution is -2.32. The highest BCUT2D eigenvalue weighted by atomic mass is 35.5. The van der Waals surface area contributed by atoms with Crippen molar-refractivity contribution >= 4 is 29.5 Å². The predicted molar refractivity (Wildman–Crippen MR) is 59.9 cm³/mol. The molecule has 0 bridgehead atoms. The average molecular weight is 238 g/mol. The molecule has 4 nitrogen and oxygen atoms in total. The maximum Gasteiger partial charge on any atom is 0.214 e. The molecule has 2 rings (SSSR count). The third kappa shape index (κ3) is 1.57. The molecular weight excluding hydrogens is 230 g/mol. The smallest absolute Gasteiger partial charge is 0.214 e. The van der Waals surface area contributed by atoms with E-state index in [-0.39, 0.29) is 17.9 Å². The summed E-state index contributed by atoms with van der Waals surface area (Å²) >= 11 is 5.78. The molecule has 0 atom stereocenters. The summed E-state index contributed by atoms with van der Waals surface area (Å²) in [7, 11) is 0. The maximum atomic E-state index is 11.8. The van der Waals surface area contributed by atoms with Crippen molar-refractivity contribution in [1.82, 2.24) is 0 Å². The van der Waals surface area contributed by atoms with Crippen LogP contribution in [0.2, 0.25) is 5.02 Å². The predicted octanol–water partition coefficient (Wildman–Crippen LogP) is 1.94. The normalized spacial score (nSPS) is 17.4. The number of hydrogen-bond donors (Lipinski definition) is 1. The third-order valence-electron chi connectivity index (χ3n) is 2.43. The van der Waals surface area contributed by atoms with Gasteiger partial charge in [0.2, 0.25) is 6.41 Å². The van der Waals surface area contributed by atoms with Crippen molar-refractivity contribution in [3.8, 4) is 0 Å². The van der Waals surface area contributed by atoms with Crippen LogP contribution in [-0.2, 0) is 4.79 Å². The molecule has 5 heteroatoms. The average Bonchev–Trinajstić information content (AvgIpc) is 2.30. The Kier molecular flexibility index (Phi) is 2.66. The minimum Gasteiger partial charge on any atom is -0.515 e. The summed E-state index contributed by atoms with van der Waals surface area (Å²) in [6, 6.07) is 4.70. The standard InChI is InChI=1S/C11H8ClNO3/c12-8-1-2-10-9(3-8)11(16)7(5-14)4-13(10)6-15/h1-3,5-6,14H,4H2/b7-5-. The molecule has 0 fully saturated rings. The van der Waals surface area contributed by atoms with Gasteiger partial charge in [0.15, 0.2) is 5.78 Å². The lowest BCUT2D eigenvalue weighted by Gasteiger charge is -2.26. The van der Waals surface area contributed by atoms with Gasteiger partial charge in [0.05, 0.1) is 24.1 Å². The lowest BCUT2D eigenvalue weighted by molar-refractivity contribution is -0.107. The van der Waals surface area contributed by atoms with Crippen molar-refractivity contribution in [2.75, 3.05) is 11.4 Å². The Labute approximate surface area is 96.7 Å². The zero-order valence-electron chi connectivity index (χ0n) is 8.18. The molecule has 1 amide bonds. The Morgan fingerprint density at radius 2 is 2.19 bits per heavy atom. The number of halogens is 1. The molecule has 82 valence electrons. The molecule has 0 saturated carbocycles. The van der Waals surface area contributed by atoms with Gasteiger partial charge in [-0.2, -0.15) is 0 Å². The first kappa shape index (κ1) is 10.7. The molecular formula is C11H8ClNO3. The van der Waals surface area contributed by atoms with Crippen molar-refractivity contribution in [3.63, 3.8) is 0 Å². The summed E-state index contributed by atoms with van der Waals surface area (Å²) in [6.45, 7) is 0.0769. The van der Waals surface area contributed by atoms with Crippen LogP contribution < -0.4 is 4.90 Å². The van der Waals surface area contributed by atoms with E-state index in [1.165, 1.54) is 11.0 Å². The van der Waals surface area contributed by atoms with Crippen LogP contribution in [0.25, 0.3) is 0 Å². The molecule has 0 spiro atoms. The molecule has 0 radical (unpaired) electrons. The fraction of sp³-hybridized carbons (Fsp3) is 0.0909. The number of aliphatic hydroxyl groups is 1. The van der Waals surface area contributed by atoms with Crippen molar-refractivity contribution in [2.24, 2.45) is 0 Å². The van der Waals surface area contributed by atoms with Crippen molar-refractivity contribution in [1.29, 1.82) is 0 Å². The summed E-state index contributed by atoms with van der Waals surface area (Å²) < 4.78 is 0. The molecule has 1 aliphatic rings. The molecule has 0 aromatic heterocycles. The van der Waals surface area contributed by atoms with Crippen molar-refractivity contribution in [2.45, 2.75) is 0 Å². The SMILES string of the molecule is O=CN1C/C(=C/O)C(=O)c2cc(Cl)ccc21. The quantitative estimate of drug-likeness (QED) is 0.461. The van der Waals surface area contributed by atoms with E-state index in [2.05, 4.69) is 0 Å². The van der Waals surface area contributed by atoms with Gasteiger partial charge in [-0.3, -0.25) is 9.59 Å². The minimum absolute atomic E-state index is 0.0769. The van der Waals surface area contributed by atoms with Crippen molar-refractivity contribution in [3.05, 3.63) is 40.6 Å². The Morgan fingerprint density at radius 3 is 2.81 bits per heavy atom. The molecule has 16 heavy (non-hydrogen) atoms. The van der Waals surface area contributed by atoms with E-state index in [0.29, 0.717) is 22.7 Å².